The Kier molecular flexibility index (Phi) is 6.06. The van der Waals surface area contributed by atoms with Crippen molar-refractivity contribution in [2.24, 2.45) is 4.99 Å². The minimum Gasteiger partial charge on any atom is -0.324 e. The predicted octanol–water partition coefficient (Wildman–Crippen LogP) is 5.00. The molecule has 2 amide bonds. The molecular weight excluding hydrogens is 429 g/mol. The van der Waals surface area contributed by atoms with E-state index in [1.807, 2.05) is 30.3 Å². The highest BCUT2D eigenvalue weighted by atomic mass is 35.5. The lowest BCUT2D eigenvalue weighted by Crippen LogP contribution is -2.42. The first-order chi connectivity index (χ1) is 15.3. The van der Waals surface area contributed by atoms with Crippen LogP contribution in [0.4, 0.5) is 15.8 Å². The third-order valence-corrected chi connectivity index (χ3v) is 5.49. The molecule has 0 saturated carbocycles. The maximum absolute atomic E-state index is 13.9. The van der Waals surface area contributed by atoms with Gasteiger partial charge in [0.05, 0.1) is 11.4 Å². The van der Waals surface area contributed by atoms with Gasteiger partial charge in [0.1, 0.15) is 18.4 Å². The Hall–Kier alpha value is -3.51. The van der Waals surface area contributed by atoms with Gasteiger partial charge in [-0.2, -0.15) is 0 Å². The Morgan fingerprint density at radius 1 is 1.12 bits per heavy atom. The van der Waals surface area contributed by atoms with Crippen LogP contribution in [0.15, 0.2) is 71.7 Å². The first-order valence-electron chi connectivity index (χ1n) is 10.1. The standard InChI is InChI=1S/C25H21ClFN3O2/c1-15-8-10-19(13-21(15)27)29-23(31)14-30-22-11-9-18(26)12-20(22)24(28-16(2)25(30)32)17-6-4-3-5-7-17/h3-13,16H,14H2,1-2H3,(H,29,31). The number of benzene rings is 3. The molecule has 1 N–H and O–H groups in total. The predicted molar refractivity (Wildman–Crippen MR) is 125 cm³/mol. The number of aliphatic imine (C=N–C) groups is 1. The molecule has 0 saturated heterocycles. The van der Waals surface area contributed by atoms with Crippen molar-refractivity contribution >= 4 is 40.5 Å². The number of amides is 2. The van der Waals surface area contributed by atoms with Crippen molar-refractivity contribution in [2.45, 2.75) is 19.9 Å². The van der Waals surface area contributed by atoms with Crippen LogP contribution in [0.3, 0.4) is 0 Å². The maximum Gasteiger partial charge on any atom is 0.252 e. The van der Waals surface area contributed by atoms with Crippen molar-refractivity contribution in [3.05, 3.63) is 94.3 Å². The Morgan fingerprint density at radius 2 is 1.88 bits per heavy atom. The van der Waals surface area contributed by atoms with Gasteiger partial charge in [0.15, 0.2) is 0 Å². The smallest absolute Gasteiger partial charge is 0.252 e. The minimum absolute atomic E-state index is 0.245. The van der Waals surface area contributed by atoms with E-state index in [4.69, 9.17) is 11.6 Å². The van der Waals surface area contributed by atoms with E-state index in [0.717, 1.165) is 5.56 Å². The number of nitrogens with one attached hydrogen (secondary N) is 1. The number of anilines is 2. The molecule has 32 heavy (non-hydrogen) atoms. The average molecular weight is 450 g/mol. The van der Waals surface area contributed by atoms with Crippen LogP contribution in [0, 0.1) is 12.7 Å². The zero-order chi connectivity index (χ0) is 22.8. The van der Waals surface area contributed by atoms with Gasteiger partial charge in [-0.15, -0.1) is 0 Å². The lowest BCUT2D eigenvalue weighted by atomic mass is 10.00. The maximum atomic E-state index is 13.9. The van der Waals surface area contributed by atoms with Gasteiger partial charge in [-0.05, 0) is 49.7 Å². The fourth-order valence-electron chi connectivity index (χ4n) is 3.60. The van der Waals surface area contributed by atoms with E-state index >= 15 is 0 Å². The summed E-state index contributed by atoms with van der Waals surface area (Å²) in [4.78, 5) is 32.0. The first kappa shape index (κ1) is 21.7. The molecule has 1 aliphatic rings. The molecule has 0 fully saturated rings. The van der Waals surface area contributed by atoms with Crippen LogP contribution in [0.2, 0.25) is 5.02 Å². The third-order valence-electron chi connectivity index (χ3n) is 5.26. The molecule has 0 aromatic heterocycles. The fraction of sp³-hybridized carbons (Fsp3) is 0.160. The van der Waals surface area contributed by atoms with Crippen molar-refractivity contribution in [3.8, 4) is 0 Å². The van der Waals surface area contributed by atoms with Crippen LogP contribution in [0.5, 0.6) is 0 Å². The molecule has 3 aromatic carbocycles. The van der Waals surface area contributed by atoms with Crippen LogP contribution in [0.25, 0.3) is 0 Å². The lowest BCUT2D eigenvalue weighted by Gasteiger charge is -2.24. The van der Waals surface area contributed by atoms with E-state index < -0.39 is 17.8 Å². The van der Waals surface area contributed by atoms with Crippen molar-refractivity contribution in [1.29, 1.82) is 0 Å². The van der Waals surface area contributed by atoms with Crippen LogP contribution < -0.4 is 10.2 Å². The van der Waals surface area contributed by atoms with Crippen LogP contribution in [-0.4, -0.2) is 30.1 Å². The molecular formula is C25H21ClFN3O2. The number of carbonyl (C=O) groups is 2. The van der Waals surface area contributed by atoms with Gasteiger partial charge in [-0.1, -0.05) is 48.0 Å². The molecule has 0 spiro atoms. The summed E-state index contributed by atoms with van der Waals surface area (Å²) in [5, 5.41) is 3.16. The van der Waals surface area contributed by atoms with E-state index in [1.165, 1.54) is 11.0 Å². The van der Waals surface area contributed by atoms with Crippen molar-refractivity contribution < 1.29 is 14.0 Å². The number of hydrogen-bond acceptors (Lipinski definition) is 3. The van der Waals surface area contributed by atoms with Crippen LogP contribution in [-0.2, 0) is 9.59 Å². The van der Waals surface area contributed by atoms with Gasteiger partial charge >= 0.3 is 0 Å². The molecule has 4 rings (SSSR count). The summed E-state index contributed by atoms with van der Waals surface area (Å²) >= 11 is 6.27. The number of nitrogens with zero attached hydrogens (tertiary/aromatic N) is 2. The van der Waals surface area contributed by atoms with Gasteiger partial charge in [0.2, 0.25) is 5.91 Å². The molecule has 0 radical (unpaired) electrons. The summed E-state index contributed by atoms with van der Waals surface area (Å²) < 4.78 is 13.9. The highest BCUT2D eigenvalue weighted by molar-refractivity contribution is 6.32. The monoisotopic (exact) mass is 449 g/mol. The summed E-state index contributed by atoms with van der Waals surface area (Å²) in [5.41, 5.74) is 3.48. The molecule has 0 bridgehead atoms. The van der Waals surface area contributed by atoms with Crippen LogP contribution in [0.1, 0.15) is 23.6 Å². The fourth-order valence-corrected chi connectivity index (χ4v) is 3.77. The molecule has 3 aromatic rings. The minimum atomic E-state index is -0.707. The summed E-state index contributed by atoms with van der Waals surface area (Å²) in [6.07, 6.45) is 0. The largest absolute Gasteiger partial charge is 0.324 e. The Balaban J connectivity index is 1.70. The normalized spacial score (nSPS) is 15.6. The van der Waals surface area contributed by atoms with E-state index in [2.05, 4.69) is 10.3 Å². The lowest BCUT2D eigenvalue weighted by molar-refractivity contribution is -0.122. The van der Waals surface area contributed by atoms with E-state index in [9.17, 15) is 14.0 Å². The second kappa shape index (κ2) is 8.93. The van der Waals surface area contributed by atoms with Gasteiger partial charge in [0.25, 0.3) is 5.91 Å². The topological polar surface area (TPSA) is 61.8 Å². The Bertz CT molecular complexity index is 1230. The summed E-state index contributed by atoms with van der Waals surface area (Å²) in [7, 11) is 0. The molecule has 162 valence electrons. The van der Waals surface area contributed by atoms with E-state index in [0.29, 0.717) is 33.2 Å². The second-order valence-electron chi connectivity index (χ2n) is 7.62. The van der Waals surface area contributed by atoms with E-state index in [-0.39, 0.29) is 12.5 Å². The number of aryl methyl sites for hydroxylation is 1. The number of fused-ring (bicyclic) bond motifs is 1. The Labute approximate surface area is 190 Å². The molecule has 7 heteroatoms. The first-order valence-corrected chi connectivity index (χ1v) is 10.5. The number of benzodiazepines with no additional fused rings is 1. The zero-order valence-electron chi connectivity index (χ0n) is 17.6. The van der Waals surface area contributed by atoms with Gasteiger partial charge < -0.3 is 10.2 Å². The summed E-state index contributed by atoms with van der Waals surface area (Å²) in [5.74, 6) is -1.18. The molecule has 0 aliphatic carbocycles. The molecule has 1 unspecified atom stereocenters. The molecule has 1 atom stereocenters. The van der Waals surface area contributed by atoms with E-state index in [1.54, 1.807) is 44.2 Å². The van der Waals surface area contributed by atoms with Crippen LogP contribution >= 0.6 is 11.6 Å². The molecule has 5 nitrogen and oxygen atoms in total. The highest BCUT2D eigenvalue weighted by Gasteiger charge is 2.31. The number of carbonyl (C=O) groups excluding carboxylic acids is 2. The average Bonchev–Trinajstić information content (AvgIpc) is 2.87. The van der Waals surface area contributed by atoms with Gasteiger partial charge in [0, 0.05) is 21.8 Å². The SMILES string of the molecule is Cc1ccc(NC(=O)CN2C(=O)C(C)N=C(c3ccccc3)c3cc(Cl)ccc32)cc1F. The van der Waals surface area contributed by atoms with Crippen molar-refractivity contribution in [1.82, 2.24) is 0 Å². The van der Waals surface area contributed by atoms with Crippen molar-refractivity contribution in [2.75, 3.05) is 16.8 Å². The second-order valence-corrected chi connectivity index (χ2v) is 8.05. The Morgan fingerprint density at radius 3 is 2.59 bits per heavy atom. The van der Waals surface area contributed by atoms with Gasteiger partial charge in [-0.25, -0.2) is 4.39 Å². The number of halogens is 2. The highest BCUT2D eigenvalue weighted by Crippen LogP contribution is 2.31. The summed E-state index contributed by atoms with van der Waals surface area (Å²) in [6.45, 7) is 3.09. The zero-order valence-corrected chi connectivity index (χ0v) is 18.4. The number of hydrogen-bond donors (Lipinski definition) is 1. The molecule has 1 heterocycles. The quantitative estimate of drug-likeness (QED) is 0.609. The van der Waals surface area contributed by atoms with Gasteiger partial charge in [-0.3, -0.25) is 14.6 Å². The molecule has 1 aliphatic heterocycles. The number of rotatable bonds is 4. The summed E-state index contributed by atoms with van der Waals surface area (Å²) in [6, 6.07) is 18.4. The third kappa shape index (κ3) is 4.41. The van der Waals surface area contributed by atoms with Crippen molar-refractivity contribution in [3.63, 3.8) is 0 Å².